The number of rotatable bonds is 5. The Morgan fingerprint density at radius 3 is 2.85 bits per heavy atom. The largest absolute Gasteiger partial charge is 0.336 e. The van der Waals surface area contributed by atoms with Gasteiger partial charge in [-0.05, 0) is 48.9 Å². The van der Waals surface area contributed by atoms with E-state index >= 15 is 0 Å². The molecule has 3 heterocycles. The number of pyridine rings is 1. The van der Waals surface area contributed by atoms with Gasteiger partial charge < -0.3 is 15.1 Å². The first-order valence-corrected chi connectivity index (χ1v) is 9.82. The first-order chi connectivity index (χ1) is 12.7. The van der Waals surface area contributed by atoms with Crippen molar-refractivity contribution in [2.75, 3.05) is 19.6 Å². The maximum absolute atomic E-state index is 12.6. The number of aromatic nitrogens is 1. The van der Waals surface area contributed by atoms with Crippen LogP contribution in [0, 0.1) is 0 Å². The molecule has 1 atom stereocenters. The van der Waals surface area contributed by atoms with Gasteiger partial charge in [-0.2, -0.15) is 0 Å². The standard InChI is InChI=1S/C19H24N4O2S/c1-2-22(13-15-7-9-20-10-8-15)19(25)21-16-5-3-11-23(14-16)18(24)17-6-4-12-26-17/h4,6-10,12,16H,2-3,5,11,13-14H2,1H3,(H,21,25). The van der Waals surface area contributed by atoms with Crippen molar-refractivity contribution in [1.29, 1.82) is 0 Å². The molecule has 0 bridgehead atoms. The van der Waals surface area contributed by atoms with E-state index in [9.17, 15) is 9.59 Å². The van der Waals surface area contributed by atoms with Crippen LogP contribution in [0.1, 0.15) is 35.0 Å². The van der Waals surface area contributed by atoms with Gasteiger partial charge in [-0.1, -0.05) is 6.07 Å². The maximum atomic E-state index is 12.6. The topological polar surface area (TPSA) is 65.5 Å². The molecule has 2 aromatic heterocycles. The van der Waals surface area contributed by atoms with Crippen molar-refractivity contribution in [3.8, 4) is 0 Å². The molecule has 3 amide bonds. The molecule has 6 nitrogen and oxygen atoms in total. The lowest BCUT2D eigenvalue weighted by molar-refractivity contribution is 0.0699. The van der Waals surface area contributed by atoms with Gasteiger partial charge in [0.1, 0.15) is 0 Å². The van der Waals surface area contributed by atoms with Crippen LogP contribution in [0.25, 0.3) is 0 Å². The van der Waals surface area contributed by atoms with E-state index in [-0.39, 0.29) is 18.0 Å². The van der Waals surface area contributed by atoms with Gasteiger partial charge in [0.25, 0.3) is 5.91 Å². The third-order valence-electron chi connectivity index (χ3n) is 4.56. The minimum absolute atomic E-state index is 0.00773. The lowest BCUT2D eigenvalue weighted by Crippen LogP contribution is -2.52. The van der Waals surface area contributed by atoms with Crippen molar-refractivity contribution in [2.45, 2.75) is 32.4 Å². The lowest BCUT2D eigenvalue weighted by Gasteiger charge is -2.34. The number of urea groups is 1. The third-order valence-corrected chi connectivity index (χ3v) is 5.42. The van der Waals surface area contributed by atoms with Gasteiger partial charge in [0.05, 0.1) is 4.88 Å². The van der Waals surface area contributed by atoms with Crippen molar-refractivity contribution >= 4 is 23.3 Å². The molecule has 3 rings (SSSR count). The molecule has 1 saturated heterocycles. The zero-order valence-electron chi connectivity index (χ0n) is 14.9. The van der Waals surface area contributed by atoms with Gasteiger partial charge >= 0.3 is 6.03 Å². The number of carbonyl (C=O) groups is 2. The maximum Gasteiger partial charge on any atom is 0.317 e. The SMILES string of the molecule is CCN(Cc1ccncc1)C(=O)NC1CCCN(C(=O)c2cccs2)C1. The van der Waals surface area contributed by atoms with Crippen LogP contribution < -0.4 is 5.32 Å². The minimum Gasteiger partial charge on any atom is -0.336 e. The van der Waals surface area contributed by atoms with Crippen LogP contribution in [0.4, 0.5) is 4.79 Å². The van der Waals surface area contributed by atoms with E-state index in [0.29, 0.717) is 19.6 Å². The van der Waals surface area contributed by atoms with E-state index in [2.05, 4.69) is 10.3 Å². The van der Waals surface area contributed by atoms with E-state index in [1.807, 2.05) is 41.5 Å². The summed E-state index contributed by atoms with van der Waals surface area (Å²) in [4.78, 5) is 33.6. The van der Waals surface area contributed by atoms with Gasteiger partial charge in [0.2, 0.25) is 0 Å². The average molecular weight is 372 g/mol. The molecule has 0 aromatic carbocycles. The molecule has 1 unspecified atom stereocenters. The number of nitrogens with one attached hydrogen (secondary N) is 1. The second-order valence-electron chi connectivity index (χ2n) is 6.39. The number of amides is 3. The smallest absolute Gasteiger partial charge is 0.317 e. The number of thiophene rings is 1. The summed E-state index contributed by atoms with van der Waals surface area (Å²) in [5, 5.41) is 5.01. The van der Waals surface area contributed by atoms with Gasteiger partial charge in [-0.25, -0.2) is 4.79 Å². The molecule has 1 aliphatic heterocycles. The first kappa shape index (κ1) is 18.4. The highest BCUT2D eigenvalue weighted by molar-refractivity contribution is 7.12. The van der Waals surface area contributed by atoms with Crippen LogP contribution in [0.3, 0.4) is 0 Å². The Labute approximate surface area is 157 Å². The lowest BCUT2D eigenvalue weighted by atomic mass is 10.1. The summed E-state index contributed by atoms with van der Waals surface area (Å²) >= 11 is 1.46. The van der Waals surface area contributed by atoms with Crippen LogP contribution in [-0.2, 0) is 6.54 Å². The molecule has 7 heteroatoms. The highest BCUT2D eigenvalue weighted by Gasteiger charge is 2.27. The van der Waals surface area contributed by atoms with Crippen molar-refractivity contribution in [3.63, 3.8) is 0 Å². The molecule has 1 N–H and O–H groups in total. The minimum atomic E-state index is -0.0836. The number of likely N-dealkylation sites (tertiary alicyclic amines) is 1. The first-order valence-electron chi connectivity index (χ1n) is 8.94. The van der Waals surface area contributed by atoms with Crippen molar-refractivity contribution in [1.82, 2.24) is 20.1 Å². The fraction of sp³-hybridized carbons (Fsp3) is 0.421. The Morgan fingerprint density at radius 1 is 1.35 bits per heavy atom. The molecule has 1 aliphatic rings. The second kappa shape index (κ2) is 8.80. The summed E-state index contributed by atoms with van der Waals surface area (Å²) in [6.07, 6.45) is 5.26. The van der Waals surface area contributed by atoms with E-state index in [1.54, 1.807) is 17.3 Å². The molecule has 2 aromatic rings. The number of hydrogen-bond donors (Lipinski definition) is 1. The van der Waals surface area contributed by atoms with E-state index in [1.165, 1.54) is 11.3 Å². The number of carbonyl (C=O) groups excluding carboxylic acids is 2. The monoisotopic (exact) mass is 372 g/mol. The Morgan fingerprint density at radius 2 is 2.15 bits per heavy atom. The highest BCUT2D eigenvalue weighted by Crippen LogP contribution is 2.17. The molecule has 0 aliphatic carbocycles. The van der Waals surface area contributed by atoms with Crippen LogP contribution >= 0.6 is 11.3 Å². The molecule has 138 valence electrons. The van der Waals surface area contributed by atoms with Crippen molar-refractivity contribution in [3.05, 3.63) is 52.5 Å². The van der Waals surface area contributed by atoms with Crippen LogP contribution in [0.2, 0.25) is 0 Å². The summed E-state index contributed by atoms with van der Waals surface area (Å²) in [6, 6.07) is 7.48. The molecule has 1 fully saturated rings. The Balaban J connectivity index is 1.56. The summed E-state index contributed by atoms with van der Waals surface area (Å²) < 4.78 is 0. The fourth-order valence-corrected chi connectivity index (χ4v) is 3.83. The Bertz CT molecular complexity index is 720. The quantitative estimate of drug-likeness (QED) is 0.877. The fourth-order valence-electron chi connectivity index (χ4n) is 3.14. The van der Waals surface area contributed by atoms with Crippen LogP contribution in [0.15, 0.2) is 42.0 Å². The number of hydrogen-bond acceptors (Lipinski definition) is 4. The van der Waals surface area contributed by atoms with Crippen LogP contribution in [-0.4, -0.2) is 52.4 Å². The predicted octanol–water partition coefficient (Wildman–Crippen LogP) is 2.98. The average Bonchev–Trinajstić information content (AvgIpc) is 3.21. The third kappa shape index (κ3) is 4.60. The second-order valence-corrected chi connectivity index (χ2v) is 7.33. The molecule has 0 saturated carbocycles. The molecule has 0 radical (unpaired) electrons. The Kier molecular flexibility index (Phi) is 6.22. The number of nitrogens with zero attached hydrogens (tertiary/aromatic N) is 3. The zero-order valence-corrected chi connectivity index (χ0v) is 15.7. The molecule has 26 heavy (non-hydrogen) atoms. The van der Waals surface area contributed by atoms with Gasteiger partial charge in [0, 0.05) is 44.6 Å². The molecular formula is C19H24N4O2S. The highest BCUT2D eigenvalue weighted by atomic mass is 32.1. The van der Waals surface area contributed by atoms with E-state index in [0.717, 1.165) is 29.8 Å². The van der Waals surface area contributed by atoms with E-state index < -0.39 is 0 Å². The van der Waals surface area contributed by atoms with Crippen LogP contribution in [0.5, 0.6) is 0 Å². The summed E-state index contributed by atoms with van der Waals surface area (Å²) in [5.41, 5.74) is 1.05. The number of piperidine rings is 1. The summed E-state index contributed by atoms with van der Waals surface area (Å²) in [7, 11) is 0. The molecular weight excluding hydrogens is 348 g/mol. The predicted molar refractivity (Wildman–Crippen MR) is 102 cm³/mol. The normalized spacial score (nSPS) is 17.0. The van der Waals surface area contributed by atoms with E-state index in [4.69, 9.17) is 0 Å². The molecule has 0 spiro atoms. The zero-order chi connectivity index (χ0) is 18.4. The Hall–Kier alpha value is -2.41. The summed E-state index contributed by atoms with van der Waals surface area (Å²) in [6.45, 7) is 4.45. The summed E-state index contributed by atoms with van der Waals surface area (Å²) in [5.74, 6) is 0.0584. The van der Waals surface area contributed by atoms with Crippen molar-refractivity contribution < 1.29 is 9.59 Å². The van der Waals surface area contributed by atoms with Gasteiger partial charge in [-0.15, -0.1) is 11.3 Å². The van der Waals surface area contributed by atoms with Gasteiger partial charge in [-0.3, -0.25) is 9.78 Å². The van der Waals surface area contributed by atoms with Crippen molar-refractivity contribution in [2.24, 2.45) is 0 Å². The van der Waals surface area contributed by atoms with Gasteiger partial charge in [0.15, 0.2) is 0 Å².